The topological polar surface area (TPSA) is 75.7 Å². The van der Waals surface area contributed by atoms with Crippen molar-refractivity contribution in [3.05, 3.63) is 0 Å². The second-order valence-corrected chi connectivity index (χ2v) is 5.02. The Labute approximate surface area is 106 Å². The fourth-order valence-corrected chi connectivity index (χ4v) is 2.19. The van der Waals surface area contributed by atoms with Crippen LogP contribution in [0, 0.1) is 5.92 Å². The lowest BCUT2D eigenvalue weighted by atomic mass is 9.96. The van der Waals surface area contributed by atoms with Crippen LogP contribution in [0.5, 0.6) is 0 Å². The fraction of sp³-hybridized carbons (Fsp3) is 0.750. The first-order valence-corrected chi connectivity index (χ1v) is 6.28. The van der Waals surface area contributed by atoms with Crippen LogP contribution < -0.4 is 5.32 Å². The molecule has 0 aromatic rings. The molecule has 0 aromatic heterocycles. The number of hydrogen-bond acceptors (Lipinski definition) is 4. The van der Waals surface area contributed by atoms with E-state index >= 15 is 0 Å². The van der Waals surface area contributed by atoms with Crippen LogP contribution in [0.4, 0.5) is 4.79 Å². The Hall–Kier alpha value is -1.59. The van der Waals surface area contributed by atoms with Gasteiger partial charge in [0.25, 0.3) is 5.91 Å². The molecule has 1 aliphatic carbocycles. The van der Waals surface area contributed by atoms with Gasteiger partial charge in [-0.3, -0.25) is 14.5 Å². The van der Waals surface area contributed by atoms with E-state index in [0.717, 1.165) is 17.7 Å². The van der Waals surface area contributed by atoms with Gasteiger partial charge in [0.2, 0.25) is 0 Å². The van der Waals surface area contributed by atoms with Crippen molar-refractivity contribution in [1.82, 2.24) is 10.2 Å². The molecule has 100 valence electrons. The first kappa shape index (κ1) is 12.9. The van der Waals surface area contributed by atoms with Crippen LogP contribution in [0.25, 0.3) is 0 Å². The fourth-order valence-electron chi connectivity index (χ4n) is 2.19. The van der Waals surface area contributed by atoms with Gasteiger partial charge in [0.1, 0.15) is 12.1 Å². The lowest BCUT2D eigenvalue weighted by Gasteiger charge is -2.20. The molecule has 1 heterocycles. The minimum atomic E-state index is -0.831. The van der Waals surface area contributed by atoms with Gasteiger partial charge in [-0.2, -0.15) is 0 Å². The van der Waals surface area contributed by atoms with E-state index < -0.39 is 17.5 Å². The molecule has 2 rings (SSSR count). The normalized spacial score (nSPS) is 27.3. The van der Waals surface area contributed by atoms with E-state index in [1.54, 1.807) is 6.92 Å². The summed E-state index contributed by atoms with van der Waals surface area (Å²) in [5.74, 6) is -0.658. The van der Waals surface area contributed by atoms with Gasteiger partial charge in [-0.25, -0.2) is 4.79 Å². The van der Waals surface area contributed by atoms with E-state index in [0.29, 0.717) is 13.0 Å². The number of hydrogen-bond donors (Lipinski definition) is 1. The maximum absolute atomic E-state index is 12.2. The zero-order chi connectivity index (χ0) is 13.3. The van der Waals surface area contributed by atoms with E-state index in [9.17, 15) is 14.4 Å². The Morgan fingerprint density at radius 3 is 2.72 bits per heavy atom. The third-order valence-electron chi connectivity index (χ3n) is 3.45. The molecule has 2 fully saturated rings. The van der Waals surface area contributed by atoms with E-state index in [-0.39, 0.29) is 18.4 Å². The number of esters is 1. The molecule has 6 heteroatoms. The average molecular weight is 254 g/mol. The van der Waals surface area contributed by atoms with E-state index in [1.165, 1.54) is 0 Å². The third kappa shape index (κ3) is 2.19. The second-order valence-electron chi connectivity index (χ2n) is 5.02. The summed E-state index contributed by atoms with van der Waals surface area (Å²) in [7, 11) is 0. The number of nitrogens with one attached hydrogen (secondary N) is 1. The molecule has 1 aliphatic heterocycles. The first-order chi connectivity index (χ1) is 8.49. The smallest absolute Gasteiger partial charge is 0.326 e. The Morgan fingerprint density at radius 1 is 1.50 bits per heavy atom. The highest BCUT2D eigenvalue weighted by molar-refractivity contribution is 6.08. The van der Waals surface area contributed by atoms with E-state index in [4.69, 9.17) is 4.74 Å². The Bertz CT molecular complexity index is 392. The van der Waals surface area contributed by atoms with Crippen LogP contribution in [0.1, 0.15) is 33.1 Å². The molecule has 0 bridgehead atoms. The summed E-state index contributed by atoms with van der Waals surface area (Å²) < 4.78 is 4.88. The summed E-state index contributed by atoms with van der Waals surface area (Å²) in [5.41, 5.74) is -0.831. The van der Waals surface area contributed by atoms with Gasteiger partial charge in [0.05, 0.1) is 6.61 Å². The zero-order valence-electron chi connectivity index (χ0n) is 10.7. The summed E-state index contributed by atoms with van der Waals surface area (Å²) in [6.07, 6.45) is 2.60. The molecule has 0 unspecified atom stereocenters. The monoisotopic (exact) mass is 254 g/mol. The highest BCUT2D eigenvalue weighted by Crippen LogP contribution is 2.42. The Balaban J connectivity index is 1.99. The SMILES string of the molecule is CCCOC(=O)CN1C(=O)N[C@@](C)(C2CC2)C1=O. The van der Waals surface area contributed by atoms with Gasteiger partial charge >= 0.3 is 12.0 Å². The van der Waals surface area contributed by atoms with Crippen LogP contribution in [-0.2, 0) is 14.3 Å². The number of urea groups is 1. The molecular weight excluding hydrogens is 236 g/mol. The number of imide groups is 1. The van der Waals surface area contributed by atoms with Crippen molar-refractivity contribution in [2.75, 3.05) is 13.2 Å². The van der Waals surface area contributed by atoms with Crippen molar-refractivity contribution in [2.24, 2.45) is 5.92 Å². The summed E-state index contributed by atoms with van der Waals surface area (Å²) in [6.45, 7) is 3.61. The first-order valence-electron chi connectivity index (χ1n) is 6.28. The van der Waals surface area contributed by atoms with Crippen LogP contribution in [-0.4, -0.2) is 41.5 Å². The summed E-state index contributed by atoms with van der Waals surface area (Å²) in [6, 6.07) is -0.497. The van der Waals surface area contributed by atoms with Crippen LogP contribution in [0.2, 0.25) is 0 Å². The predicted molar refractivity (Wildman–Crippen MR) is 62.6 cm³/mol. The van der Waals surface area contributed by atoms with Gasteiger partial charge in [0, 0.05) is 0 Å². The number of carbonyl (C=O) groups excluding carboxylic acids is 3. The van der Waals surface area contributed by atoms with Crippen LogP contribution in [0.3, 0.4) is 0 Å². The van der Waals surface area contributed by atoms with Gasteiger partial charge in [0.15, 0.2) is 0 Å². The lowest BCUT2D eigenvalue weighted by Crippen LogP contribution is -2.46. The predicted octanol–water partition coefficient (Wildman–Crippen LogP) is 0.660. The molecule has 18 heavy (non-hydrogen) atoms. The molecule has 3 amide bonds. The highest BCUT2D eigenvalue weighted by Gasteiger charge is 2.56. The zero-order valence-corrected chi connectivity index (χ0v) is 10.7. The minimum absolute atomic E-state index is 0.200. The molecule has 0 spiro atoms. The molecule has 1 N–H and O–H groups in total. The maximum Gasteiger partial charge on any atom is 0.326 e. The molecule has 1 saturated carbocycles. The molecule has 0 aromatic carbocycles. The Kier molecular flexibility index (Phi) is 3.28. The largest absolute Gasteiger partial charge is 0.464 e. The van der Waals surface area contributed by atoms with E-state index in [1.807, 2.05) is 6.92 Å². The lowest BCUT2D eigenvalue weighted by molar-refractivity contribution is -0.147. The van der Waals surface area contributed by atoms with Gasteiger partial charge < -0.3 is 10.1 Å². The number of nitrogens with zero attached hydrogens (tertiary/aromatic N) is 1. The molecule has 1 saturated heterocycles. The van der Waals surface area contributed by atoms with Crippen LogP contribution in [0.15, 0.2) is 0 Å². The van der Waals surface area contributed by atoms with E-state index in [2.05, 4.69) is 5.32 Å². The highest BCUT2D eigenvalue weighted by atomic mass is 16.5. The van der Waals surface area contributed by atoms with Crippen molar-refractivity contribution in [1.29, 1.82) is 0 Å². The summed E-state index contributed by atoms with van der Waals surface area (Å²) in [4.78, 5) is 36.3. The maximum atomic E-state index is 12.2. The van der Waals surface area contributed by atoms with Gasteiger partial charge in [-0.15, -0.1) is 0 Å². The van der Waals surface area contributed by atoms with Gasteiger partial charge in [-0.05, 0) is 32.1 Å². The molecule has 0 radical (unpaired) electrons. The van der Waals surface area contributed by atoms with Gasteiger partial charge in [-0.1, -0.05) is 6.92 Å². The second kappa shape index (κ2) is 4.59. The third-order valence-corrected chi connectivity index (χ3v) is 3.45. The van der Waals surface area contributed by atoms with Crippen molar-refractivity contribution < 1.29 is 19.1 Å². The molecule has 1 atom stereocenters. The molecular formula is C12H18N2O4. The number of amides is 3. The summed E-state index contributed by atoms with van der Waals surface area (Å²) >= 11 is 0. The van der Waals surface area contributed by atoms with Crippen molar-refractivity contribution in [3.8, 4) is 0 Å². The average Bonchev–Trinajstić information content (AvgIpc) is 3.13. The van der Waals surface area contributed by atoms with Crippen molar-refractivity contribution >= 4 is 17.9 Å². The number of ether oxygens (including phenoxy) is 1. The quantitative estimate of drug-likeness (QED) is 0.577. The number of rotatable bonds is 5. The van der Waals surface area contributed by atoms with Crippen molar-refractivity contribution in [3.63, 3.8) is 0 Å². The van der Waals surface area contributed by atoms with Crippen LogP contribution >= 0.6 is 0 Å². The minimum Gasteiger partial charge on any atom is -0.464 e. The summed E-state index contributed by atoms with van der Waals surface area (Å²) in [5, 5.41) is 2.68. The van der Waals surface area contributed by atoms with Crippen molar-refractivity contribution in [2.45, 2.75) is 38.6 Å². The number of carbonyl (C=O) groups is 3. The molecule has 6 nitrogen and oxygen atoms in total. The standard InChI is InChI=1S/C12H18N2O4/c1-3-6-18-9(15)7-14-10(16)12(2,8-4-5-8)13-11(14)17/h8H,3-7H2,1-2H3,(H,13,17)/t12-/m0/s1. The Morgan fingerprint density at radius 2 is 2.17 bits per heavy atom. The molecule has 2 aliphatic rings.